The summed E-state index contributed by atoms with van der Waals surface area (Å²) in [5.41, 5.74) is 0.369. The van der Waals surface area contributed by atoms with Gasteiger partial charge in [0.2, 0.25) is 5.89 Å². The summed E-state index contributed by atoms with van der Waals surface area (Å²) in [6, 6.07) is 3.52. The van der Waals surface area contributed by atoms with E-state index in [4.69, 9.17) is 4.52 Å². The Hall–Kier alpha value is -2.51. The summed E-state index contributed by atoms with van der Waals surface area (Å²) in [4.78, 5) is 21.2. The van der Waals surface area contributed by atoms with Crippen LogP contribution < -0.4 is 4.90 Å². The highest BCUT2D eigenvalue weighted by Gasteiger charge is 2.34. The summed E-state index contributed by atoms with van der Waals surface area (Å²) in [6.45, 7) is 4.66. The molecule has 0 radical (unpaired) electrons. The van der Waals surface area contributed by atoms with E-state index in [1.807, 2.05) is 13.0 Å². The predicted molar refractivity (Wildman–Crippen MR) is 90.2 cm³/mol. The molecule has 0 N–H and O–H groups in total. The van der Waals surface area contributed by atoms with Crippen LogP contribution in [0.3, 0.4) is 0 Å². The molecular weight excluding hydrogens is 320 g/mol. The summed E-state index contributed by atoms with van der Waals surface area (Å²) in [5.74, 6) is 1.91. The molecule has 0 spiro atoms. The van der Waals surface area contributed by atoms with E-state index in [9.17, 15) is 4.79 Å². The van der Waals surface area contributed by atoms with Gasteiger partial charge in [0.1, 0.15) is 0 Å². The third-order valence-electron chi connectivity index (χ3n) is 4.90. The van der Waals surface area contributed by atoms with Gasteiger partial charge in [-0.25, -0.2) is 0 Å². The van der Waals surface area contributed by atoms with Gasteiger partial charge >= 0.3 is 0 Å². The second-order valence-electron chi connectivity index (χ2n) is 6.53. The standard InChI is InChI=1S/C17H22N6O2/c1-2-15-18-16(21-25-15)13-6-5-11-23(13)17(24)12-7-8-14(20-19-12)22-9-3-4-10-22/h7-8,13H,2-6,9-11H2,1H3/t13-/m1/s1. The van der Waals surface area contributed by atoms with Crippen LogP contribution in [0.2, 0.25) is 0 Å². The smallest absolute Gasteiger partial charge is 0.274 e. The van der Waals surface area contributed by atoms with Crippen LogP contribution in [0.1, 0.15) is 60.9 Å². The van der Waals surface area contributed by atoms with Crippen molar-refractivity contribution in [3.05, 3.63) is 29.5 Å². The number of anilines is 1. The Morgan fingerprint density at radius 1 is 1.20 bits per heavy atom. The molecule has 4 heterocycles. The molecule has 0 aliphatic carbocycles. The lowest BCUT2D eigenvalue weighted by Crippen LogP contribution is -2.32. The van der Waals surface area contributed by atoms with Gasteiger partial charge in [0.15, 0.2) is 17.3 Å². The van der Waals surface area contributed by atoms with Crippen molar-refractivity contribution in [1.29, 1.82) is 0 Å². The van der Waals surface area contributed by atoms with Crippen LogP contribution in [0.5, 0.6) is 0 Å². The first-order valence-electron chi connectivity index (χ1n) is 8.98. The van der Waals surface area contributed by atoms with Gasteiger partial charge in [-0.1, -0.05) is 12.1 Å². The minimum atomic E-state index is -0.142. The Labute approximate surface area is 146 Å². The van der Waals surface area contributed by atoms with Crippen LogP contribution >= 0.6 is 0 Å². The summed E-state index contributed by atoms with van der Waals surface area (Å²) < 4.78 is 5.20. The van der Waals surface area contributed by atoms with Crippen LogP contribution in [0.25, 0.3) is 0 Å². The molecule has 0 saturated carbocycles. The number of aryl methyl sites for hydroxylation is 1. The van der Waals surface area contributed by atoms with Crippen molar-refractivity contribution in [2.45, 2.75) is 45.1 Å². The fourth-order valence-electron chi connectivity index (χ4n) is 3.53. The van der Waals surface area contributed by atoms with Gasteiger partial charge in [0.05, 0.1) is 6.04 Å². The van der Waals surface area contributed by atoms with Crippen molar-refractivity contribution in [3.63, 3.8) is 0 Å². The monoisotopic (exact) mass is 342 g/mol. The molecule has 2 aliphatic rings. The highest BCUT2D eigenvalue weighted by molar-refractivity contribution is 5.92. The van der Waals surface area contributed by atoms with Crippen molar-refractivity contribution < 1.29 is 9.32 Å². The van der Waals surface area contributed by atoms with Crippen molar-refractivity contribution in [2.24, 2.45) is 0 Å². The second-order valence-corrected chi connectivity index (χ2v) is 6.53. The average molecular weight is 342 g/mol. The molecule has 132 valence electrons. The Morgan fingerprint density at radius 3 is 2.72 bits per heavy atom. The largest absolute Gasteiger partial charge is 0.355 e. The molecule has 4 rings (SSSR count). The quantitative estimate of drug-likeness (QED) is 0.839. The first-order chi connectivity index (χ1) is 12.3. The molecular formula is C17H22N6O2. The number of amides is 1. The minimum Gasteiger partial charge on any atom is -0.355 e. The Balaban J connectivity index is 1.50. The van der Waals surface area contributed by atoms with Crippen molar-refractivity contribution in [2.75, 3.05) is 24.5 Å². The molecule has 0 unspecified atom stereocenters. The van der Waals surface area contributed by atoms with Crippen molar-refractivity contribution in [1.82, 2.24) is 25.2 Å². The van der Waals surface area contributed by atoms with E-state index in [2.05, 4.69) is 25.2 Å². The maximum atomic E-state index is 12.9. The van der Waals surface area contributed by atoms with Crippen molar-refractivity contribution >= 4 is 11.7 Å². The Kier molecular flexibility index (Phi) is 4.33. The molecule has 1 amide bonds. The number of carbonyl (C=O) groups excluding carboxylic acids is 1. The zero-order valence-electron chi connectivity index (χ0n) is 14.4. The van der Waals surface area contributed by atoms with E-state index in [-0.39, 0.29) is 11.9 Å². The molecule has 2 saturated heterocycles. The first-order valence-corrected chi connectivity index (χ1v) is 8.98. The SMILES string of the molecule is CCc1nc([C@H]2CCCN2C(=O)c2ccc(N3CCCC3)nn2)no1. The van der Waals surface area contributed by atoms with Gasteiger partial charge < -0.3 is 14.3 Å². The van der Waals surface area contributed by atoms with Gasteiger partial charge in [-0.3, -0.25) is 4.79 Å². The van der Waals surface area contributed by atoms with Gasteiger partial charge in [-0.05, 0) is 37.8 Å². The van der Waals surface area contributed by atoms with E-state index in [1.165, 1.54) is 12.8 Å². The number of likely N-dealkylation sites (tertiary alicyclic amines) is 1. The van der Waals surface area contributed by atoms with Gasteiger partial charge in [-0.2, -0.15) is 4.98 Å². The molecule has 2 aromatic heterocycles. The minimum absolute atomic E-state index is 0.120. The molecule has 2 aliphatic heterocycles. The maximum Gasteiger partial charge on any atom is 0.274 e. The predicted octanol–water partition coefficient (Wildman–Crippen LogP) is 2.00. The van der Waals surface area contributed by atoms with Crippen molar-refractivity contribution in [3.8, 4) is 0 Å². The Morgan fingerprint density at radius 2 is 2.04 bits per heavy atom. The maximum absolute atomic E-state index is 12.9. The third-order valence-corrected chi connectivity index (χ3v) is 4.90. The fraction of sp³-hybridized carbons (Fsp3) is 0.588. The lowest BCUT2D eigenvalue weighted by atomic mass is 10.2. The molecule has 2 fully saturated rings. The molecule has 25 heavy (non-hydrogen) atoms. The number of rotatable bonds is 4. The second kappa shape index (κ2) is 6.78. The summed E-state index contributed by atoms with van der Waals surface area (Å²) in [5, 5.41) is 12.5. The summed E-state index contributed by atoms with van der Waals surface area (Å²) in [7, 11) is 0. The number of hydrogen-bond acceptors (Lipinski definition) is 7. The number of nitrogens with zero attached hydrogens (tertiary/aromatic N) is 6. The van der Waals surface area contributed by atoms with Gasteiger partial charge in [-0.15, -0.1) is 10.2 Å². The number of aromatic nitrogens is 4. The molecule has 0 bridgehead atoms. The number of carbonyl (C=O) groups is 1. The summed E-state index contributed by atoms with van der Waals surface area (Å²) >= 11 is 0. The molecule has 0 aromatic carbocycles. The topological polar surface area (TPSA) is 88.3 Å². The highest BCUT2D eigenvalue weighted by atomic mass is 16.5. The van der Waals surface area contributed by atoms with Crippen LogP contribution in [-0.2, 0) is 6.42 Å². The van der Waals surface area contributed by atoms with E-state index < -0.39 is 0 Å². The van der Waals surface area contributed by atoms with Crippen LogP contribution in [0, 0.1) is 0 Å². The number of hydrogen-bond donors (Lipinski definition) is 0. The van der Waals surface area contributed by atoms with Crippen LogP contribution in [-0.4, -0.2) is 50.8 Å². The highest BCUT2D eigenvalue weighted by Crippen LogP contribution is 2.31. The van der Waals surface area contributed by atoms with Crippen LogP contribution in [0.15, 0.2) is 16.7 Å². The lowest BCUT2D eigenvalue weighted by molar-refractivity contribution is 0.0721. The Bertz CT molecular complexity index is 738. The normalized spacial score (nSPS) is 20.4. The van der Waals surface area contributed by atoms with E-state index in [1.54, 1.807) is 11.0 Å². The average Bonchev–Trinajstić information content (AvgIpc) is 3.42. The van der Waals surface area contributed by atoms with E-state index in [0.717, 1.165) is 31.7 Å². The van der Waals surface area contributed by atoms with E-state index in [0.29, 0.717) is 30.4 Å². The molecule has 2 aromatic rings. The zero-order chi connectivity index (χ0) is 17.2. The molecule has 1 atom stereocenters. The first kappa shape index (κ1) is 16.0. The molecule has 8 nitrogen and oxygen atoms in total. The lowest BCUT2D eigenvalue weighted by Gasteiger charge is -2.22. The van der Waals surface area contributed by atoms with Gasteiger partial charge in [0, 0.05) is 26.1 Å². The fourth-order valence-corrected chi connectivity index (χ4v) is 3.53. The summed E-state index contributed by atoms with van der Waals surface area (Å²) in [6.07, 6.45) is 4.82. The zero-order valence-corrected chi connectivity index (χ0v) is 14.4. The third kappa shape index (κ3) is 3.08. The van der Waals surface area contributed by atoms with Crippen LogP contribution in [0.4, 0.5) is 5.82 Å². The molecule has 8 heteroatoms. The van der Waals surface area contributed by atoms with Gasteiger partial charge in [0.25, 0.3) is 5.91 Å². The van der Waals surface area contributed by atoms with E-state index >= 15 is 0 Å².